The molecule has 0 aliphatic heterocycles. The summed E-state index contributed by atoms with van der Waals surface area (Å²) in [5.41, 5.74) is 3.47. The van der Waals surface area contributed by atoms with E-state index in [1.165, 1.54) is 32.1 Å². The minimum atomic E-state index is 0.258. The number of unbranched alkanes of at least 4 members (excludes halogenated alkanes) is 5. The van der Waals surface area contributed by atoms with E-state index in [0.29, 0.717) is 0 Å². The van der Waals surface area contributed by atoms with Gasteiger partial charge in [-0.2, -0.15) is 9.61 Å². The summed E-state index contributed by atoms with van der Waals surface area (Å²) in [5, 5.41) is 14.6. The quantitative estimate of drug-likeness (QED) is 0.778. The van der Waals surface area contributed by atoms with Gasteiger partial charge >= 0.3 is 0 Å². The Kier molecular flexibility index (Phi) is 4.99. The highest BCUT2D eigenvalue weighted by Gasteiger charge is 2.13. The number of hydrogen-bond acceptors (Lipinski definition) is 3. The Morgan fingerprint density at radius 2 is 1.80 bits per heavy atom. The molecule has 0 fully saturated rings. The average Bonchev–Trinajstić information content (AvgIpc) is 2.77. The van der Waals surface area contributed by atoms with Crippen molar-refractivity contribution in [2.75, 3.05) is 0 Å². The fourth-order valence-electron chi connectivity index (χ4n) is 2.63. The number of aromatic hydroxyl groups is 1. The smallest absolute Gasteiger partial charge is 0.219 e. The number of rotatable bonds is 7. The fourth-order valence-corrected chi connectivity index (χ4v) is 2.63. The standard InChI is InChI=1S/C16H25N3O/c1-4-5-6-7-8-9-10-14-13(3)17-15-11-12(2)18-19(15)16(14)20/h11,20H,4-10H2,1-3H3. The van der Waals surface area contributed by atoms with Crippen LogP contribution in [-0.2, 0) is 6.42 Å². The van der Waals surface area contributed by atoms with Gasteiger partial charge < -0.3 is 5.11 Å². The summed E-state index contributed by atoms with van der Waals surface area (Å²) in [6.45, 7) is 6.11. The van der Waals surface area contributed by atoms with Gasteiger partial charge in [-0.15, -0.1) is 0 Å². The molecule has 20 heavy (non-hydrogen) atoms. The molecule has 0 aromatic carbocycles. The maximum absolute atomic E-state index is 10.3. The van der Waals surface area contributed by atoms with Crippen LogP contribution in [0.3, 0.4) is 0 Å². The summed E-state index contributed by atoms with van der Waals surface area (Å²) in [7, 11) is 0. The van der Waals surface area contributed by atoms with Crippen LogP contribution in [0.15, 0.2) is 6.07 Å². The van der Waals surface area contributed by atoms with Gasteiger partial charge in [0.25, 0.3) is 0 Å². The van der Waals surface area contributed by atoms with Crippen molar-refractivity contribution in [3.8, 4) is 5.88 Å². The average molecular weight is 275 g/mol. The molecule has 0 radical (unpaired) electrons. The highest BCUT2D eigenvalue weighted by Crippen LogP contribution is 2.23. The minimum Gasteiger partial charge on any atom is -0.493 e. The van der Waals surface area contributed by atoms with E-state index in [9.17, 15) is 5.11 Å². The van der Waals surface area contributed by atoms with Gasteiger partial charge in [0.2, 0.25) is 5.88 Å². The van der Waals surface area contributed by atoms with E-state index < -0.39 is 0 Å². The van der Waals surface area contributed by atoms with Crippen molar-refractivity contribution in [3.05, 3.63) is 23.0 Å². The first-order chi connectivity index (χ1) is 9.63. The zero-order chi connectivity index (χ0) is 14.5. The third-order valence-corrected chi connectivity index (χ3v) is 3.78. The van der Waals surface area contributed by atoms with Gasteiger partial charge in [-0.05, 0) is 26.7 Å². The SMILES string of the molecule is CCCCCCCCc1c(C)nc2cc(C)nn2c1O. The molecule has 0 saturated heterocycles. The monoisotopic (exact) mass is 275 g/mol. The molecule has 0 saturated carbocycles. The molecule has 110 valence electrons. The van der Waals surface area contributed by atoms with Crippen LogP contribution < -0.4 is 0 Å². The second kappa shape index (κ2) is 6.73. The van der Waals surface area contributed by atoms with Crippen molar-refractivity contribution in [1.82, 2.24) is 14.6 Å². The van der Waals surface area contributed by atoms with E-state index in [1.54, 1.807) is 4.52 Å². The maximum Gasteiger partial charge on any atom is 0.219 e. The Morgan fingerprint density at radius 3 is 2.55 bits per heavy atom. The highest BCUT2D eigenvalue weighted by molar-refractivity contribution is 5.46. The summed E-state index contributed by atoms with van der Waals surface area (Å²) in [6, 6.07) is 1.89. The number of aryl methyl sites for hydroxylation is 2. The Hall–Kier alpha value is -1.58. The van der Waals surface area contributed by atoms with Crippen molar-refractivity contribution in [2.45, 2.75) is 65.7 Å². The van der Waals surface area contributed by atoms with E-state index in [2.05, 4.69) is 17.0 Å². The van der Waals surface area contributed by atoms with Gasteiger partial charge in [0.05, 0.1) is 5.69 Å². The number of fused-ring (bicyclic) bond motifs is 1. The topological polar surface area (TPSA) is 50.4 Å². The molecule has 2 heterocycles. The molecule has 2 aromatic heterocycles. The van der Waals surface area contributed by atoms with Crippen molar-refractivity contribution in [3.63, 3.8) is 0 Å². The molecule has 0 spiro atoms. The van der Waals surface area contributed by atoms with Gasteiger partial charge in [0.15, 0.2) is 5.65 Å². The maximum atomic E-state index is 10.3. The van der Waals surface area contributed by atoms with E-state index in [-0.39, 0.29) is 5.88 Å². The molecule has 0 amide bonds. The first kappa shape index (κ1) is 14.8. The first-order valence-corrected chi connectivity index (χ1v) is 7.68. The fraction of sp³-hybridized carbons (Fsp3) is 0.625. The Bertz CT molecular complexity index is 575. The summed E-state index contributed by atoms with van der Waals surface area (Å²) in [6.07, 6.45) is 8.40. The molecular weight excluding hydrogens is 250 g/mol. The van der Waals surface area contributed by atoms with Crippen LogP contribution in [0.5, 0.6) is 5.88 Å². The Morgan fingerprint density at radius 1 is 1.10 bits per heavy atom. The Labute approximate surface area is 120 Å². The molecule has 0 atom stereocenters. The number of aromatic nitrogens is 3. The van der Waals surface area contributed by atoms with E-state index in [1.807, 2.05) is 19.9 Å². The van der Waals surface area contributed by atoms with Crippen LogP contribution in [0.2, 0.25) is 0 Å². The summed E-state index contributed by atoms with van der Waals surface area (Å²) < 4.78 is 1.55. The molecule has 0 unspecified atom stereocenters. The van der Waals surface area contributed by atoms with Crippen LogP contribution >= 0.6 is 0 Å². The molecule has 1 N–H and O–H groups in total. The molecular formula is C16H25N3O. The molecule has 0 bridgehead atoms. The third kappa shape index (κ3) is 3.30. The second-order valence-corrected chi connectivity index (χ2v) is 5.57. The van der Waals surface area contributed by atoms with Crippen molar-refractivity contribution < 1.29 is 5.11 Å². The first-order valence-electron chi connectivity index (χ1n) is 7.68. The lowest BCUT2D eigenvalue weighted by atomic mass is 10.0. The van der Waals surface area contributed by atoms with Crippen molar-refractivity contribution in [2.24, 2.45) is 0 Å². The molecule has 0 aliphatic carbocycles. The van der Waals surface area contributed by atoms with Crippen LogP contribution in [0.1, 0.15) is 62.4 Å². The van der Waals surface area contributed by atoms with Crippen LogP contribution in [0.25, 0.3) is 5.65 Å². The van der Waals surface area contributed by atoms with Gasteiger partial charge in [-0.25, -0.2) is 4.98 Å². The summed E-state index contributed by atoms with van der Waals surface area (Å²) >= 11 is 0. The third-order valence-electron chi connectivity index (χ3n) is 3.78. The lowest BCUT2D eigenvalue weighted by Crippen LogP contribution is -2.01. The predicted molar refractivity (Wildman–Crippen MR) is 81.2 cm³/mol. The number of nitrogens with zero attached hydrogens (tertiary/aromatic N) is 3. The van der Waals surface area contributed by atoms with Crippen LogP contribution in [0, 0.1) is 13.8 Å². The van der Waals surface area contributed by atoms with Crippen molar-refractivity contribution in [1.29, 1.82) is 0 Å². The van der Waals surface area contributed by atoms with Crippen LogP contribution in [-0.4, -0.2) is 19.7 Å². The zero-order valence-electron chi connectivity index (χ0n) is 12.8. The molecule has 0 aliphatic rings. The minimum absolute atomic E-state index is 0.258. The second-order valence-electron chi connectivity index (χ2n) is 5.57. The van der Waals surface area contributed by atoms with Gasteiger partial charge in [0.1, 0.15) is 0 Å². The highest BCUT2D eigenvalue weighted by atomic mass is 16.3. The molecule has 4 heteroatoms. The zero-order valence-corrected chi connectivity index (χ0v) is 12.8. The predicted octanol–water partition coefficient (Wildman–Crippen LogP) is 3.95. The lowest BCUT2D eigenvalue weighted by molar-refractivity contribution is 0.424. The normalized spacial score (nSPS) is 11.3. The Balaban J connectivity index is 2.02. The van der Waals surface area contributed by atoms with Gasteiger partial charge in [-0.1, -0.05) is 39.0 Å². The summed E-state index contributed by atoms with van der Waals surface area (Å²) in [5.74, 6) is 0.258. The van der Waals surface area contributed by atoms with Crippen molar-refractivity contribution >= 4 is 5.65 Å². The van der Waals surface area contributed by atoms with E-state index >= 15 is 0 Å². The molecule has 2 aromatic rings. The van der Waals surface area contributed by atoms with E-state index in [4.69, 9.17) is 0 Å². The lowest BCUT2D eigenvalue weighted by Gasteiger charge is -2.09. The number of hydrogen-bond donors (Lipinski definition) is 1. The van der Waals surface area contributed by atoms with E-state index in [0.717, 1.165) is 35.4 Å². The molecule has 2 rings (SSSR count). The largest absolute Gasteiger partial charge is 0.493 e. The van der Waals surface area contributed by atoms with Gasteiger partial charge in [-0.3, -0.25) is 0 Å². The van der Waals surface area contributed by atoms with Gasteiger partial charge in [0, 0.05) is 17.3 Å². The van der Waals surface area contributed by atoms with Crippen LogP contribution in [0.4, 0.5) is 0 Å². The summed E-state index contributed by atoms with van der Waals surface area (Å²) in [4.78, 5) is 4.53. The molecule has 4 nitrogen and oxygen atoms in total.